The van der Waals surface area contributed by atoms with E-state index in [2.05, 4.69) is 10.6 Å². The van der Waals surface area contributed by atoms with E-state index in [-0.39, 0.29) is 11.9 Å². The number of amides is 1. The van der Waals surface area contributed by atoms with Crippen LogP contribution in [0.1, 0.15) is 18.4 Å². The van der Waals surface area contributed by atoms with Crippen molar-refractivity contribution < 1.29 is 4.79 Å². The van der Waals surface area contributed by atoms with Gasteiger partial charge < -0.3 is 10.6 Å². The molecule has 144 valence electrons. The lowest BCUT2D eigenvalue weighted by Crippen LogP contribution is -2.43. The number of hydrogen-bond acceptors (Lipinski definition) is 3. The molecule has 1 aromatic heterocycles. The summed E-state index contributed by atoms with van der Waals surface area (Å²) < 4.78 is 1.83. The second-order valence-electron chi connectivity index (χ2n) is 7.06. The third kappa shape index (κ3) is 4.43. The van der Waals surface area contributed by atoms with Crippen LogP contribution in [0.4, 0.5) is 0 Å². The highest BCUT2D eigenvalue weighted by Crippen LogP contribution is 2.25. The molecular formula is C22H23ClN4O. The summed E-state index contributed by atoms with van der Waals surface area (Å²) in [5, 5.41) is 11.9. The Morgan fingerprint density at radius 2 is 1.82 bits per heavy atom. The summed E-state index contributed by atoms with van der Waals surface area (Å²) in [6, 6.07) is 17.7. The fourth-order valence-electron chi connectivity index (χ4n) is 3.52. The second kappa shape index (κ2) is 8.59. The fourth-order valence-corrected chi connectivity index (χ4v) is 3.65. The third-order valence-corrected chi connectivity index (χ3v) is 5.24. The van der Waals surface area contributed by atoms with E-state index in [0.29, 0.717) is 11.4 Å². The van der Waals surface area contributed by atoms with Gasteiger partial charge in [0.25, 0.3) is 0 Å². The van der Waals surface area contributed by atoms with Gasteiger partial charge in [-0.15, -0.1) is 0 Å². The molecule has 0 bridgehead atoms. The minimum atomic E-state index is 0.0368. The Balaban J connectivity index is 1.61. The van der Waals surface area contributed by atoms with Crippen LogP contribution >= 0.6 is 11.6 Å². The van der Waals surface area contributed by atoms with E-state index in [1.807, 2.05) is 65.5 Å². The molecular weight excluding hydrogens is 372 g/mol. The monoisotopic (exact) mass is 394 g/mol. The highest BCUT2D eigenvalue weighted by atomic mass is 35.5. The van der Waals surface area contributed by atoms with Crippen molar-refractivity contribution in [3.8, 4) is 16.9 Å². The molecule has 0 radical (unpaired) electrons. The third-order valence-electron chi connectivity index (χ3n) is 4.98. The summed E-state index contributed by atoms with van der Waals surface area (Å²) in [4.78, 5) is 12.7. The Morgan fingerprint density at radius 1 is 1.11 bits per heavy atom. The first kappa shape index (κ1) is 18.7. The molecule has 0 unspecified atom stereocenters. The Hall–Kier alpha value is -2.63. The van der Waals surface area contributed by atoms with E-state index in [1.165, 1.54) is 0 Å². The largest absolute Gasteiger partial charge is 0.353 e. The van der Waals surface area contributed by atoms with E-state index < -0.39 is 0 Å². The van der Waals surface area contributed by atoms with Crippen molar-refractivity contribution in [3.63, 3.8) is 0 Å². The number of rotatable bonds is 5. The minimum absolute atomic E-state index is 0.0368. The van der Waals surface area contributed by atoms with Gasteiger partial charge in [-0.05, 0) is 50.2 Å². The number of nitrogens with zero attached hydrogens (tertiary/aromatic N) is 2. The summed E-state index contributed by atoms with van der Waals surface area (Å²) >= 11 is 6.04. The maximum atomic E-state index is 12.7. The Kier molecular flexibility index (Phi) is 5.74. The van der Waals surface area contributed by atoms with Crippen LogP contribution in [0, 0.1) is 0 Å². The molecule has 1 saturated heterocycles. The van der Waals surface area contributed by atoms with Gasteiger partial charge in [0.05, 0.1) is 17.8 Å². The van der Waals surface area contributed by atoms with Gasteiger partial charge in [0.1, 0.15) is 0 Å². The van der Waals surface area contributed by atoms with Gasteiger partial charge >= 0.3 is 0 Å². The number of para-hydroxylation sites is 1. The molecule has 28 heavy (non-hydrogen) atoms. The summed E-state index contributed by atoms with van der Waals surface area (Å²) in [7, 11) is 0. The van der Waals surface area contributed by atoms with Crippen molar-refractivity contribution in [1.82, 2.24) is 20.4 Å². The van der Waals surface area contributed by atoms with Crippen molar-refractivity contribution >= 4 is 17.5 Å². The van der Waals surface area contributed by atoms with Crippen LogP contribution in [-0.2, 0) is 11.2 Å². The number of carbonyl (C=O) groups excluding carboxylic acids is 1. The molecule has 1 aliphatic rings. The average molecular weight is 395 g/mol. The van der Waals surface area contributed by atoms with Gasteiger partial charge in [0.15, 0.2) is 0 Å². The van der Waals surface area contributed by atoms with Gasteiger partial charge in [0, 0.05) is 28.4 Å². The molecule has 0 aliphatic carbocycles. The molecule has 0 spiro atoms. The topological polar surface area (TPSA) is 59.0 Å². The first-order valence-electron chi connectivity index (χ1n) is 9.59. The van der Waals surface area contributed by atoms with Crippen molar-refractivity contribution in [2.45, 2.75) is 25.3 Å². The van der Waals surface area contributed by atoms with E-state index in [4.69, 9.17) is 16.7 Å². The van der Waals surface area contributed by atoms with Crippen LogP contribution in [0.25, 0.3) is 16.9 Å². The molecule has 1 amide bonds. The Bertz CT molecular complexity index is 931. The van der Waals surface area contributed by atoms with Crippen molar-refractivity contribution in [2.24, 2.45) is 0 Å². The molecule has 3 aromatic rings. The lowest BCUT2D eigenvalue weighted by Gasteiger charge is -2.23. The minimum Gasteiger partial charge on any atom is -0.353 e. The number of hydrogen-bond donors (Lipinski definition) is 2. The molecule has 2 N–H and O–H groups in total. The van der Waals surface area contributed by atoms with Crippen molar-refractivity contribution in [2.75, 3.05) is 13.1 Å². The lowest BCUT2D eigenvalue weighted by atomic mass is 10.0. The number of aromatic nitrogens is 2. The number of nitrogens with one attached hydrogen (secondary N) is 2. The summed E-state index contributed by atoms with van der Waals surface area (Å²) in [5.41, 5.74) is 3.62. The molecule has 1 aliphatic heterocycles. The number of carbonyl (C=O) groups is 1. The number of piperidine rings is 1. The predicted octanol–water partition coefficient (Wildman–Crippen LogP) is 3.60. The molecule has 2 aromatic carbocycles. The number of benzene rings is 2. The van der Waals surface area contributed by atoms with Crippen LogP contribution in [-0.4, -0.2) is 34.8 Å². The zero-order valence-corrected chi connectivity index (χ0v) is 16.3. The summed E-state index contributed by atoms with van der Waals surface area (Å²) in [5.74, 6) is 0.0368. The number of halogens is 1. The van der Waals surface area contributed by atoms with Crippen LogP contribution in [0.2, 0.25) is 5.02 Å². The van der Waals surface area contributed by atoms with Crippen LogP contribution in [0.15, 0.2) is 60.8 Å². The zero-order chi connectivity index (χ0) is 19.3. The molecule has 4 rings (SSSR count). The highest BCUT2D eigenvalue weighted by Gasteiger charge is 2.19. The van der Waals surface area contributed by atoms with Crippen molar-refractivity contribution in [3.05, 3.63) is 71.4 Å². The predicted molar refractivity (Wildman–Crippen MR) is 112 cm³/mol. The first-order valence-corrected chi connectivity index (χ1v) is 9.97. The van der Waals surface area contributed by atoms with Gasteiger partial charge in [-0.25, -0.2) is 4.68 Å². The van der Waals surface area contributed by atoms with Crippen LogP contribution in [0.3, 0.4) is 0 Å². The lowest BCUT2D eigenvalue weighted by molar-refractivity contribution is -0.121. The fraction of sp³-hybridized carbons (Fsp3) is 0.273. The smallest absolute Gasteiger partial charge is 0.224 e. The SMILES string of the molecule is O=C(Cc1cn(-c2ccccc2)nc1-c1ccc(Cl)cc1)NC1CCNCC1. The van der Waals surface area contributed by atoms with E-state index >= 15 is 0 Å². The zero-order valence-electron chi connectivity index (χ0n) is 15.6. The standard InChI is InChI=1S/C22H23ClN4O/c23-18-8-6-16(7-9-18)22-17(14-21(28)25-19-10-12-24-13-11-19)15-27(26-22)20-4-2-1-3-5-20/h1-9,15,19,24H,10-14H2,(H,25,28). The average Bonchev–Trinajstić information content (AvgIpc) is 3.13. The molecule has 2 heterocycles. The maximum absolute atomic E-state index is 12.7. The quantitative estimate of drug-likeness (QED) is 0.695. The van der Waals surface area contributed by atoms with Crippen LogP contribution in [0.5, 0.6) is 0 Å². The Labute approximate surface area is 169 Å². The van der Waals surface area contributed by atoms with Crippen molar-refractivity contribution in [1.29, 1.82) is 0 Å². The molecule has 5 nitrogen and oxygen atoms in total. The second-order valence-corrected chi connectivity index (χ2v) is 7.49. The van der Waals surface area contributed by atoms with Gasteiger partial charge in [0.2, 0.25) is 5.91 Å². The van der Waals surface area contributed by atoms with Gasteiger partial charge in [-0.1, -0.05) is 41.9 Å². The molecule has 1 fully saturated rings. The van der Waals surface area contributed by atoms with Gasteiger partial charge in [-0.3, -0.25) is 4.79 Å². The van der Waals surface area contributed by atoms with Gasteiger partial charge in [-0.2, -0.15) is 5.10 Å². The summed E-state index contributed by atoms with van der Waals surface area (Å²) in [6.07, 6.45) is 4.19. The van der Waals surface area contributed by atoms with Crippen LogP contribution < -0.4 is 10.6 Å². The van der Waals surface area contributed by atoms with E-state index in [1.54, 1.807) is 0 Å². The molecule has 0 atom stereocenters. The first-order chi connectivity index (χ1) is 13.7. The van der Waals surface area contributed by atoms with E-state index in [0.717, 1.165) is 48.4 Å². The normalized spacial score (nSPS) is 14.8. The maximum Gasteiger partial charge on any atom is 0.224 e. The summed E-state index contributed by atoms with van der Waals surface area (Å²) in [6.45, 7) is 1.90. The van der Waals surface area contributed by atoms with E-state index in [9.17, 15) is 4.79 Å². The Morgan fingerprint density at radius 3 is 2.54 bits per heavy atom. The molecule has 0 saturated carbocycles. The highest BCUT2D eigenvalue weighted by molar-refractivity contribution is 6.30. The molecule has 6 heteroatoms.